The topological polar surface area (TPSA) is 107 Å². The molecule has 1 unspecified atom stereocenters. The summed E-state index contributed by atoms with van der Waals surface area (Å²) in [5.41, 5.74) is 4.18. The van der Waals surface area contributed by atoms with Crippen molar-refractivity contribution in [3.8, 4) is 0 Å². The summed E-state index contributed by atoms with van der Waals surface area (Å²) in [6.07, 6.45) is 1.38. The van der Waals surface area contributed by atoms with Crippen LogP contribution in [0.5, 0.6) is 0 Å². The van der Waals surface area contributed by atoms with E-state index in [1.165, 1.54) is 5.56 Å². The molecule has 2 heterocycles. The number of benzene rings is 1. The lowest BCUT2D eigenvalue weighted by Crippen LogP contribution is -2.26. The fourth-order valence-corrected chi connectivity index (χ4v) is 3.42. The number of H-pyrrole nitrogens is 1. The van der Waals surface area contributed by atoms with Gasteiger partial charge < -0.3 is 15.4 Å². The average Bonchev–Trinajstić information content (AvgIpc) is 3.01. The number of para-hydroxylation sites is 1. The molecule has 1 aromatic heterocycles. The van der Waals surface area contributed by atoms with E-state index in [4.69, 9.17) is 5.11 Å². The molecule has 0 aliphatic carbocycles. The molecule has 8 heteroatoms. The molecule has 1 aliphatic rings. The third-order valence-corrected chi connectivity index (χ3v) is 4.93. The Kier molecular flexibility index (Phi) is 4.39. The van der Waals surface area contributed by atoms with E-state index in [-0.39, 0.29) is 12.3 Å². The van der Waals surface area contributed by atoms with Crippen molar-refractivity contribution in [1.82, 2.24) is 10.3 Å². The highest BCUT2D eigenvalue weighted by Gasteiger charge is 2.32. The van der Waals surface area contributed by atoms with Crippen LogP contribution in [0.25, 0.3) is 10.9 Å². The van der Waals surface area contributed by atoms with Crippen LogP contribution in [0, 0.1) is 13.8 Å². The molecule has 1 saturated heterocycles. The standard InChI is InChI=1S/C16H16N4O3S/c1-8-9(2)18-14-10(4-3-5-11(8)14)7-17-20-16-19-15(23)12(24-16)6-13(21)22/h3-5,7,12,18H,6H2,1-2H3,(H,21,22)(H,19,20,23). The summed E-state index contributed by atoms with van der Waals surface area (Å²) in [7, 11) is 0. The molecule has 0 spiro atoms. The van der Waals surface area contributed by atoms with E-state index in [2.05, 4.69) is 27.4 Å². The summed E-state index contributed by atoms with van der Waals surface area (Å²) < 4.78 is 0. The first-order valence-corrected chi connectivity index (χ1v) is 8.22. The number of carboxylic acids is 1. The number of thioether (sulfide) groups is 1. The fraction of sp³-hybridized carbons (Fsp3) is 0.250. The molecule has 3 rings (SSSR count). The van der Waals surface area contributed by atoms with Crippen LogP contribution in [0.4, 0.5) is 0 Å². The van der Waals surface area contributed by atoms with Crippen LogP contribution in [-0.2, 0) is 9.59 Å². The zero-order valence-electron chi connectivity index (χ0n) is 13.2. The molecule has 24 heavy (non-hydrogen) atoms. The normalized spacial score (nSPS) is 19.5. The molecule has 1 fully saturated rings. The van der Waals surface area contributed by atoms with Gasteiger partial charge in [0.15, 0.2) is 5.17 Å². The van der Waals surface area contributed by atoms with Crippen LogP contribution < -0.4 is 5.32 Å². The van der Waals surface area contributed by atoms with Gasteiger partial charge in [-0.2, -0.15) is 5.10 Å². The summed E-state index contributed by atoms with van der Waals surface area (Å²) in [5.74, 6) is -1.37. The number of rotatable bonds is 4. The lowest BCUT2D eigenvalue weighted by Gasteiger charge is -1.98. The van der Waals surface area contributed by atoms with E-state index in [1.54, 1.807) is 6.21 Å². The summed E-state index contributed by atoms with van der Waals surface area (Å²) in [4.78, 5) is 25.7. The minimum atomic E-state index is -1.02. The average molecular weight is 344 g/mol. The molecule has 7 nitrogen and oxygen atoms in total. The van der Waals surface area contributed by atoms with Gasteiger partial charge in [0.25, 0.3) is 0 Å². The number of aromatic nitrogens is 1. The third kappa shape index (κ3) is 3.18. The van der Waals surface area contributed by atoms with Crippen molar-refractivity contribution < 1.29 is 14.7 Å². The molecular weight excluding hydrogens is 328 g/mol. The van der Waals surface area contributed by atoms with E-state index in [0.29, 0.717) is 5.17 Å². The van der Waals surface area contributed by atoms with Crippen LogP contribution in [0.15, 0.2) is 28.4 Å². The molecule has 124 valence electrons. The Labute approximate surface area is 142 Å². The Bertz CT molecular complexity index is 885. The minimum Gasteiger partial charge on any atom is -0.481 e. The molecule has 2 aromatic rings. The Hall–Kier alpha value is -2.61. The van der Waals surface area contributed by atoms with Crippen LogP contribution in [0.3, 0.4) is 0 Å². The number of nitrogens with zero attached hydrogens (tertiary/aromatic N) is 2. The van der Waals surface area contributed by atoms with Gasteiger partial charge in [-0.3, -0.25) is 9.59 Å². The predicted molar refractivity (Wildman–Crippen MR) is 94.6 cm³/mol. The van der Waals surface area contributed by atoms with Crippen molar-refractivity contribution >= 4 is 45.9 Å². The number of carboxylic acid groups (broad SMARTS) is 1. The second-order valence-electron chi connectivity index (χ2n) is 5.49. The number of hydrogen-bond acceptors (Lipinski definition) is 5. The second kappa shape index (κ2) is 6.48. The first kappa shape index (κ1) is 16.3. The fourth-order valence-electron chi connectivity index (χ4n) is 2.50. The number of aliphatic carboxylic acids is 1. The summed E-state index contributed by atoms with van der Waals surface area (Å²) >= 11 is 1.08. The number of fused-ring (bicyclic) bond motifs is 1. The van der Waals surface area contributed by atoms with Gasteiger partial charge in [-0.15, -0.1) is 5.10 Å². The Balaban J connectivity index is 1.79. The number of carbonyl (C=O) groups excluding carboxylic acids is 1. The number of amides is 1. The van der Waals surface area contributed by atoms with E-state index >= 15 is 0 Å². The number of amidine groups is 1. The molecular formula is C16H16N4O3S. The molecule has 1 amide bonds. The second-order valence-corrected chi connectivity index (χ2v) is 6.68. The highest BCUT2D eigenvalue weighted by Crippen LogP contribution is 2.24. The first-order valence-electron chi connectivity index (χ1n) is 7.34. The molecule has 1 atom stereocenters. The number of nitrogens with one attached hydrogen (secondary N) is 2. The molecule has 3 N–H and O–H groups in total. The quantitative estimate of drug-likeness (QED) is 0.583. The maximum atomic E-state index is 11.6. The van der Waals surface area contributed by atoms with Gasteiger partial charge in [0.1, 0.15) is 5.25 Å². The number of aryl methyl sites for hydroxylation is 2. The largest absolute Gasteiger partial charge is 0.481 e. The zero-order chi connectivity index (χ0) is 17.3. The Morgan fingerprint density at radius 2 is 2.21 bits per heavy atom. The lowest BCUT2D eigenvalue weighted by molar-refractivity contribution is -0.138. The van der Waals surface area contributed by atoms with Crippen molar-refractivity contribution in [3.05, 3.63) is 35.0 Å². The van der Waals surface area contributed by atoms with Crippen molar-refractivity contribution in [1.29, 1.82) is 0 Å². The van der Waals surface area contributed by atoms with Gasteiger partial charge >= 0.3 is 5.97 Å². The minimum absolute atomic E-state index is 0.237. The Morgan fingerprint density at radius 1 is 1.42 bits per heavy atom. The van der Waals surface area contributed by atoms with Gasteiger partial charge in [0.05, 0.1) is 18.2 Å². The van der Waals surface area contributed by atoms with Gasteiger partial charge in [0.2, 0.25) is 5.91 Å². The van der Waals surface area contributed by atoms with E-state index < -0.39 is 11.2 Å². The molecule has 1 aromatic carbocycles. The summed E-state index contributed by atoms with van der Waals surface area (Å²) in [6, 6.07) is 5.92. The first-order chi connectivity index (χ1) is 11.5. The molecule has 0 bridgehead atoms. The number of carbonyl (C=O) groups is 2. The van der Waals surface area contributed by atoms with Crippen LogP contribution >= 0.6 is 11.8 Å². The van der Waals surface area contributed by atoms with Gasteiger partial charge in [-0.05, 0) is 19.4 Å². The third-order valence-electron chi connectivity index (χ3n) is 3.86. The van der Waals surface area contributed by atoms with Crippen LogP contribution in [0.2, 0.25) is 0 Å². The lowest BCUT2D eigenvalue weighted by atomic mass is 10.1. The monoisotopic (exact) mass is 344 g/mol. The van der Waals surface area contributed by atoms with Gasteiger partial charge in [-0.1, -0.05) is 30.0 Å². The van der Waals surface area contributed by atoms with E-state index in [9.17, 15) is 9.59 Å². The molecule has 0 saturated carbocycles. The smallest absolute Gasteiger partial charge is 0.305 e. The zero-order valence-corrected chi connectivity index (χ0v) is 14.0. The highest BCUT2D eigenvalue weighted by atomic mass is 32.2. The maximum Gasteiger partial charge on any atom is 0.305 e. The van der Waals surface area contributed by atoms with Gasteiger partial charge in [0, 0.05) is 16.6 Å². The van der Waals surface area contributed by atoms with Crippen LogP contribution in [-0.4, -0.2) is 38.6 Å². The van der Waals surface area contributed by atoms with E-state index in [1.807, 2.05) is 25.1 Å². The van der Waals surface area contributed by atoms with Crippen molar-refractivity contribution in [3.63, 3.8) is 0 Å². The van der Waals surface area contributed by atoms with Crippen molar-refractivity contribution in [2.45, 2.75) is 25.5 Å². The van der Waals surface area contributed by atoms with Gasteiger partial charge in [-0.25, -0.2) is 0 Å². The van der Waals surface area contributed by atoms with Crippen molar-refractivity contribution in [2.75, 3.05) is 0 Å². The number of hydrogen-bond donors (Lipinski definition) is 3. The molecule has 1 aliphatic heterocycles. The SMILES string of the molecule is Cc1[nH]c2c(C=NN=C3NC(=O)C(CC(=O)O)S3)cccc2c1C. The Morgan fingerprint density at radius 3 is 2.96 bits per heavy atom. The predicted octanol–water partition coefficient (Wildman–Crippen LogP) is 2.18. The highest BCUT2D eigenvalue weighted by molar-refractivity contribution is 8.15. The summed E-state index contributed by atoms with van der Waals surface area (Å²) in [6.45, 7) is 4.08. The van der Waals surface area contributed by atoms with E-state index in [0.717, 1.165) is 33.9 Å². The maximum absolute atomic E-state index is 11.6. The van der Waals surface area contributed by atoms with Crippen LogP contribution in [0.1, 0.15) is 23.2 Å². The van der Waals surface area contributed by atoms with Crippen molar-refractivity contribution in [2.24, 2.45) is 10.2 Å². The summed E-state index contributed by atoms with van der Waals surface area (Å²) in [5, 5.41) is 20.1. The molecule has 0 radical (unpaired) electrons. The number of aromatic amines is 1.